The van der Waals surface area contributed by atoms with Gasteiger partial charge in [-0.3, -0.25) is 9.88 Å². The number of ether oxygens (including phenoxy) is 1. The zero-order valence-corrected chi connectivity index (χ0v) is 23.7. The van der Waals surface area contributed by atoms with Crippen LogP contribution >= 0.6 is 11.3 Å². The highest BCUT2D eigenvalue weighted by Gasteiger charge is 2.20. The van der Waals surface area contributed by atoms with E-state index in [4.69, 9.17) is 9.72 Å². The first-order valence-electron chi connectivity index (χ1n) is 14.1. The molecule has 0 radical (unpaired) electrons. The number of pyridine rings is 2. The maximum atomic E-state index is 13.5. The lowest BCUT2D eigenvalue weighted by Crippen LogP contribution is -2.37. The topological polar surface area (TPSA) is 112 Å². The van der Waals surface area contributed by atoms with Crippen LogP contribution in [0.4, 0.5) is 15.3 Å². The van der Waals surface area contributed by atoms with Gasteiger partial charge in [0.2, 0.25) is 0 Å². The number of thiazole rings is 1. The van der Waals surface area contributed by atoms with Gasteiger partial charge in [0.25, 0.3) is 0 Å². The molecular weight excluding hydrogens is 543 g/mol. The molecule has 9 nitrogen and oxygen atoms in total. The van der Waals surface area contributed by atoms with Gasteiger partial charge in [0.1, 0.15) is 30.0 Å². The van der Waals surface area contributed by atoms with Crippen molar-refractivity contribution in [1.82, 2.24) is 19.9 Å². The molecule has 1 aliphatic heterocycles. The Morgan fingerprint density at radius 3 is 2.90 bits per heavy atom. The average Bonchev–Trinajstić information content (AvgIpc) is 3.39. The maximum Gasteiger partial charge on any atom is 0.326 e. The third kappa shape index (κ3) is 8.34. The Labute approximate surface area is 242 Å². The second-order valence-corrected chi connectivity index (χ2v) is 11.2. The number of aromatic nitrogens is 3. The van der Waals surface area contributed by atoms with Gasteiger partial charge in [-0.1, -0.05) is 29.5 Å². The number of aryl methyl sites for hydroxylation is 2. The number of hydrogen-bond donors (Lipinski definition) is 3. The van der Waals surface area contributed by atoms with Crippen molar-refractivity contribution < 1.29 is 19.0 Å². The molecule has 3 N–H and O–H groups in total. The van der Waals surface area contributed by atoms with E-state index in [0.29, 0.717) is 37.0 Å². The van der Waals surface area contributed by atoms with Crippen molar-refractivity contribution in [3.8, 4) is 5.75 Å². The predicted molar refractivity (Wildman–Crippen MR) is 159 cm³/mol. The third-order valence-electron chi connectivity index (χ3n) is 7.09. The van der Waals surface area contributed by atoms with Crippen LogP contribution in [0.1, 0.15) is 36.9 Å². The zero-order chi connectivity index (χ0) is 28.4. The molecule has 1 aliphatic rings. The Hall–Kier alpha value is -3.83. The number of nitrogens with zero attached hydrogens (tertiary/aromatic N) is 4. The highest BCUT2D eigenvalue weighted by atomic mass is 32.1. The number of unbranched alkanes of at least 4 members (excludes halogenated alkanes) is 1. The molecule has 1 aromatic carbocycles. The van der Waals surface area contributed by atoms with E-state index in [1.165, 1.54) is 29.2 Å². The summed E-state index contributed by atoms with van der Waals surface area (Å²) in [5.41, 5.74) is 3.21. The smallest absolute Gasteiger partial charge is 0.326 e. The fourth-order valence-electron chi connectivity index (χ4n) is 4.90. The molecular formula is C30H35FN6O3S. The number of halogens is 1. The number of para-hydroxylation sites is 1. The van der Waals surface area contributed by atoms with Crippen molar-refractivity contribution in [1.29, 1.82) is 0 Å². The lowest BCUT2D eigenvalue weighted by molar-refractivity contribution is -0.138. The standard InChI is InChI=1S/C30H35FN6O3S/c31-22-18-24(20-32-19-22)40-17-16-37(14-4-3-7-23-11-10-21-6-5-13-33-28(21)34-23)15-12-26(29(38)39)36-30-35-25-8-1-2-9-27(25)41-30/h1-2,8-11,18-20,26H,3-7,12-17H2,(H,33,34)(H,35,36)(H,38,39). The van der Waals surface area contributed by atoms with Crippen molar-refractivity contribution in [2.24, 2.45) is 0 Å². The molecule has 11 heteroatoms. The summed E-state index contributed by atoms with van der Waals surface area (Å²) in [5.74, 6) is 0.0200. The van der Waals surface area contributed by atoms with Crippen LogP contribution in [0.25, 0.3) is 10.2 Å². The van der Waals surface area contributed by atoms with Gasteiger partial charge in [-0.05, 0) is 68.8 Å². The van der Waals surface area contributed by atoms with Gasteiger partial charge in [0, 0.05) is 31.4 Å². The lowest BCUT2D eigenvalue weighted by Gasteiger charge is -2.24. The van der Waals surface area contributed by atoms with Gasteiger partial charge < -0.3 is 20.5 Å². The fourth-order valence-corrected chi connectivity index (χ4v) is 5.82. The van der Waals surface area contributed by atoms with Gasteiger partial charge in [-0.15, -0.1) is 0 Å². The monoisotopic (exact) mass is 578 g/mol. The molecule has 5 rings (SSSR count). The summed E-state index contributed by atoms with van der Waals surface area (Å²) in [6, 6.07) is 12.6. The molecule has 0 spiro atoms. The van der Waals surface area contributed by atoms with Crippen LogP contribution in [0.15, 0.2) is 54.9 Å². The highest BCUT2D eigenvalue weighted by molar-refractivity contribution is 7.22. The van der Waals surface area contributed by atoms with E-state index in [9.17, 15) is 14.3 Å². The number of rotatable bonds is 15. The molecule has 0 aliphatic carbocycles. The molecule has 41 heavy (non-hydrogen) atoms. The number of fused-ring (bicyclic) bond motifs is 2. The molecule has 3 aromatic heterocycles. The van der Waals surface area contributed by atoms with E-state index >= 15 is 0 Å². The van der Waals surface area contributed by atoms with Gasteiger partial charge >= 0.3 is 5.97 Å². The quantitative estimate of drug-likeness (QED) is 0.163. The van der Waals surface area contributed by atoms with E-state index in [1.807, 2.05) is 24.3 Å². The third-order valence-corrected chi connectivity index (χ3v) is 8.06. The molecule has 0 bridgehead atoms. The molecule has 1 atom stereocenters. The maximum absolute atomic E-state index is 13.5. The van der Waals surface area contributed by atoms with Crippen LogP contribution < -0.4 is 15.4 Å². The Balaban J connectivity index is 1.16. The molecule has 0 saturated heterocycles. The number of benzene rings is 1. The molecule has 0 amide bonds. The minimum Gasteiger partial charge on any atom is -0.491 e. The lowest BCUT2D eigenvalue weighted by atomic mass is 10.1. The average molecular weight is 579 g/mol. The summed E-state index contributed by atoms with van der Waals surface area (Å²) in [6.07, 6.45) is 8.00. The SMILES string of the molecule is O=C(O)C(CCN(CCCCc1ccc2c(n1)NCCC2)CCOc1cncc(F)c1)Nc1nc2ccccc2s1. The molecule has 4 heterocycles. The van der Waals surface area contributed by atoms with E-state index in [0.717, 1.165) is 73.1 Å². The predicted octanol–water partition coefficient (Wildman–Crippen LogP) is 5.24. The van der Waals surface area contributed by atoms with Crippen LogP contribution in [-0.4, -0.2) is 69.8 Å². The zero-order valence-electron chi connectivity index (χ0n) is 22.9. The van der Waals surface area contributed by atoms with Gasteiger partial charge in [0.05, 0.1) is 22.6 Å². The Morgan fingerprint density at radius 1 is 1.15 bits per heavy atom. The number of nitrogens with one attached hydrogen (secondary N) is 2. The second kappa shape index (κ2) is 14.2. The minimum atomic E-state index is -0.918. The first-order chi connectivity index (χ1) is 20.0. The number of carboxylic acid groups (broad SMARTS) is 1. The minimum absolute atomic E-state index is 0.340. The van der Waals surface area contributed by atoms with Gasteiger partial charge in [-0.25, -0.2) is 19.2 Å². The van der Waals surface area contributed by atoms with Crippen LogP contribution in [0, 0.1) is 5.82 Å². The molecule has 4 aromatic rings. The fraction of sp³-hybridized carbons (Fsp3) is 0.400. The normalized spacial score (nSPS) is 13.5. The van der Waals surface area contributed by atoms with Crippen LogP contribution in [-0.2, 0) is 17.6 Å². The van der Waals surface area contributed by atoms with Gasteiger partial charge in [-0.2, -0.15) is 0 Å². The van der Waals surface area contributed by atoms with E-state index in [-0.39, 0.29) is 0 Å². The summed E-state index contributed by atoms with van der Waals surface area (Å²) in [4.78, 5) is 27.5. The van der Waals surface area contributed by atoms with Crippen LogP contribution in [0.2, 0.25) is 0 Å². The van der Waals surface area contributed by atoms with Gasteiger partial charge in [0.15, 0.2) is 5.13 Å². The Kier molecular flexibility index (Phi) is 9.92. The number of carboxylic acids is 1. The number of aliphatic carboxylic acids is 1. The summed E-state index contributed by atoms with van der Waals surface area (Å²) in [5, 5.41) is 17.0. The van der Waals surface area contributed by atoms with Crippen molar-refractivity contribution in [2.45, 2.75) is 44.6 Å². The van der Waals surface area contributed by atoms with E-state index < -0.39 is 17.8 Å². The number of anilines is 2. The van der Waals surface area contributed by atoms with Crippen molar-refractivity contribution in [3.63, 3.8) is 0 Å². The Bertz CT molecular complexity index is 1420. The first kappa shape index (κ1) is 28.7. The second-order valence-electron chi connectivity index (χ2n) is 10.1. The number of carbonyl (C=O) groups is 1. The molecule has 216 valence electrons. The largest absolute Gasteiger partial charge is 0.491 e. The molecule has 0 fully saturated rings. The van der Waals surface area contributed by atoms with Crippen LogP contribution in [0.3, 0.4) is 0 Å². The summed E-state index contributed by atoms with van der Waals surface area (Å²) >= 11 is 1.45. The first-order valence-corrected chi connectivity index (χ1v) is 14.9. The molecule has 1 unspecified atom stereocenters. The molecule has 0 saturated carbocycles. The van der Waals surface area contributed by atoms with E-state index in [1.54, 1.807) is 0 Å². The van der Waals surface area contributed by atoms with E-state index in [2.05, 4.69) is 37.6 Å². The van der Waals surface area contributed by atoms with Crippen molar-refractivity contribution in [2.75, 3.05) is 43.4 Å². The summed E-state index contributed by atoms with van der Waals surface area (Å²) < 4.78 is 20.2. The number of hydrogen-bond acceptors (Lipinski definition) is 9. The summed E-state index contributed by atoms with van der Waals surface area (Å²) in [7, 11) is 0. The van der Waals surface area contributed by atoms with Crippen molar-refractivity contribution in [3.05, 3.63) is 71.9 Å². The highest BCUT2D eigenvalue weighted by Crippen LogP contribution is 2.26. The Morgan fingerprint density at radius 2 is 2.05 bits per heavy atom. The van der Waals surface area contributed by atoms with Crippen molar-refractivity contribution >= 4 is 38.5 Å². The summed E-state index contributed by atoms with van der Waals surface area (Å²) in [6.45, 7) is 3.22. The van der Waals surface area contributed by atoms with Crippen LogP contribution in [0.5, 0.6) is 5.75 Å².